The van der Waals surface area contributed by atoms with Crippen LogP contribution in [-0.2, 0) is 0 Å². The highest BCUT2D eigenvalue weighted by molar-refractivity contribution is 5.69. The Hall–Kier alpha value is -3.60. The van der Waals surface area contributed by atoms with Gasteiger partial charge in [0.1, 0.15) is 29.3 Å². The molecule has 0 saturated carbocycles. The molecule has 0 aliphatic carbocycles. The molecule has 0 aliphatic rings. The van der Waals surface area contributed by atoms with E-state index in [9.17, 15) is 0 Å². The van der Waals surface area contributed by atoms with Crippen molar-refractivity contribution >= 4 is 23.1 Å². The van der Waals surface area contributed by atoms with Crippen molar-refractivity contribution < 1.29 is 4.74 Å². The first kappa shape index (κ1) is 17.2. The number of aromatic nitrogens is 4. The van der Waals surface area contributed by atoms with E-state index in [0.29, 0.717) is 29.6 Å². The van der Waals surface area contributed by atoms with E-state index in [1.165, 1.54) is 0 Å². The number of nitrogens with one attached hydrogen (secondary N) is 3. The fourth-order valence-electron chi connectivity index (χ4n) is 2.30. The maximum atomic E-state index is 7.31. The number of hydrogen-bond acceptors (Lipinski definition) is 6. The van der Waals surface area contributed by atoms with Crippen LogP contribution in [0.5, 0.6) is 5.75 Å². The van der Waals surface area contributed by atoms with Crippen LogP contribution in [-0.4, -0.2) is 32.8 Å². The minimum Gasteiger partial charge on any atom is -0.487 e. The van der Waals surface area contributed by atoms with E-state index in [1.807, 2.05) is 32.0 Å². The third-order valence-corrected chi connectivity index (χ3v) is 3.49. The normalized spacial score (nSPS) is 11.4. The van der Waals surface area contributed by atoms with Gasteiger partial charge in [0.25, 0.3) is 0 Å². The van der Waals surface area contributed by atoms with Gasteiger partial charge in [-0.3, -0.25) is 10.1 Å². The summed E-state index contributed by atoms with van der Waals surface area (Å²) in [6.45, 7) is 11.6. The molecule has 0 radical (unpaired) electrons. The SMILES string of the molecule is [C-]#[N+]c1ccc(Nc2cc(C)n[nH]2)nc1NCC(C)Oc1cccnc1. The smallest absolute Gasteiger partial charge is 0.228 e. The Bertz CT molecular complexity index is 901. The molecule has 0 amide bonds. The first-order chi connectivity index (χ1) is 12.6. The van der Waals surface area contributed by atoms with Crippen LogP contribution >= 0.6 is 0 Å². The first-order valence-corrected chi connectivity index (χ1v) is 8.12. The molecule has 1 atom stereocenters. The number of rotatable bonds is 7. The zero-order valence-corrected chi connectivity index (χ0v) is 14.5. The maximum Gasteiger partial charge on any atom is 0.228 e. The van der Waals surface area contributed by atoms with E-state index in [4.69, 9.17) is 11.3 Å². The minimum absolute atomic E-state index is 0.119. The molecule has 1 unspecified atom stereocenters. The molecule has 0 aliphatic heterocycles. The number of pyridine rings is 2. The molecule has 0 bridgehead atoms. The summed E-state index contributed by atoms with van der Waals surface area (Å²) < 4.78 is 5.78. The summed E-state index contributed by atoms with van der Waals surface area (Å²) in [6, 6.07) is 9.02. The molecular formula is C18H19N7O. The molecule has 3 aromatic heterocycles. The van der Waals surface area contributed by atoms with Crippen LogP contribution in [0, 0.1) is 13.5 Å². The van der Waals surface area contributed by atoms with E-state index in [2.05, 4.69) is 35.6 Å². The zero-order valence-electron chi connectivity index (χ0n) is 14.5. The molecule has 132 valence electrons. The molecule has 26 heavy (non-hydrogen) atoms. The van der Waals surface area contributed by atoms with Crippen molar-refractivity contribution in [2.45, 2.75) is 20.0 Å². The van der Waals surface area contributed by atoms with Gasteiger partial charge < -0.3 is 15.4 Å². The van der Waals surface area contributed by atoms with E-state index in [-0.39, 0.29) is 6.10 Å². The number of anilines is 3. The van der Waals surface area contributed by atoms with Crippen LogP contribution in [0.25, 0.3) is 4.85 Å². The zero-order chi connectivity index (χ0) is 18.4. The average molecular weight is 349 g/mol. The molecule has 8 heteroatoms. The molecule has 3 heterocycles. The lowest BCUT2D eigenvalue weighted by atomic mass is 10.3. The fraction of sp³-hybridized carbons (Fsp3) is 0.222. The van der Waals surface area contributed by atoms with Gasteiger partial charge >= 0.3 is 0 Å². The van der Waals surface area contributed by atoms with Gasteiger partial charge in [-0.25, -0.2) is 9.83 Å². The molecule has 0 spiro atoms. The van der Waals surface area contributed by atoms with Crippen molar-refractivity contribution in [3.8, 4) is 5.75 Å². The second-order valence-corrected chi connectivity index (χ2v) is 5.72. The van der Waals surface area contributed by atoms with E-state index in [1.54, 1.807) is 24.5 Å². The van der Waals surface area contributed by atoms with Crippen molar-refractivity contribution in [3.05, 3.63) is 59.8 Å². The van der Waals surface area contributed by atoms with Gasteiger partial charge in [0.2, 0.25) is 5.69 Å². The van der Waals surface area contributed by atoms with Gasteiger partial charge in [-0.15, -0.1) is 0 Å². The Balaban J connectivity index is 1.65. The van der Waals surface area contributed by atoms with Crippen LogP contribution in [0.3, 0.4) is 0 Å². The number of hydrogen-bond donors (Lipinski definition) is 3. The van der Waals surface area contributed by atoms with Crippen molar-refractivity contribution in [1.82, 2.24) is 20.2 Å². The topological polar surface area (TPSA) is 92.1 Å². The summed E-state index contributed by atoms with van der Waals surface area (Å²) in [5.74, 6) is 2.56. The van der Waals surface area contributed by atoms with Gasteiger partial charge in [0.05, 0.1) is 25.0 Å². The van der Waals surface area contributed by atoms with Crippen LogP contribution in [0.4, 0.5) is 23.1 Å². The summed E-state index contributed by atoms with van der Waals surface area (Å²) in [7, 11) is 0. The predicted molar refractivity (Wildman–Crippen MR) is 99.9 cm³/mol. The Morgan fingerprint density at radius 1 is 1.35 bits per heavy atom. The number of nitrogens with zero attached hydrogens (tertiary/aromatic N) is 4. The van der Waals surface area contributed by atoms with Gasteiger partial charge in [0, 0.05) is 12.3 Å². The lowest BCUT2D eigenvalue weighted by Crippen LogP contribution is -2.23. The molecule has 0 fully saturated rings. The number of aryl methyl sites for hydroxylation is 1. The summed E-state index contributed by atoms with van der Waals surface area (Å²) in [6.07, 6.45) is 3.24. The van der Waals surface area contributed by atoms with Crippen LogP contribution < -0.4 is 15.4 Å². The minimum atomic E-state index is -0.119. The second kappa shape index (κ2) is 7.98. The summed E-state index contributed by atoms with van der Waals surface area (Å²) in [5.41, 5.74) is 1.33. The van der Waals surface area contributed by atoms with Gasteiger partial charge in [-0.2, -0.15) is 5.10 Å². The summed E-state index contributed by atoms with van der Waals surface area (Å²) in [4.78, 5) is 12.0. The van der Waals surface area contributed by atoms with Crippen LogP contribution in [0.15, 0.2) is 42.7 Å². The summed E-state index contributed by atoms with van der Waals surface area (Å²) >= 11 is 0. The quantitative estimate of drug-likeness (QED) is 0.564. The molecule has 3 rings (SSSR count). The van der Waals surface area contributed by atoms with E-state index in [0.717, 1.165) is 11.5 Å². The number of H-pyrrole nitrogens is 1. The average Bonchev–Trinajstić information content (AvgIpc) is 3.06. The van der Waals surface area contributed by atoms with E-state index >= 15 is 0 Å². The van der Waals surface area contributed by atoms with Crippen molar-refractivity contribution in [2.75, 3.05) is 17.2 Å². The fourth-order valence-corrected chi connectivity index (χ4v) is 2.30. The third kappa shape index (κ3) is 4.48. The van der Waals surface area contributed by atoms with Crippen LogP contribution in [0.2, 0.25) is 0 Å². The lowest BCUT2D eigenvalue weighted by molar-refractivity contribution is 0.234. The molecule has 0 saturated heterocycles. The van der Waals surface area contributed by atoms with Gasteiger partial charge in [-0.1, -0.05) is 0 Å². The van der Waals surface area contributed by atoms with Gasteiger partial charge in [-0.05, 0) is 38.1 Å². The standard InChI is InChI=1S/C18H19N7O/c1-12-9-17(25-24-12)22-16-7-6-15(19-3)18(23-16)21-10-13(2)26-14-5-4-8-20-11-14/h4-9,11,13H,10H2,1-2H3,(H3,21,22,23,24,25). The predicted octanol–water partition coefficient (Wildman–Crippen LogP) is 3.68. The highest BCUT2D eigenvalue weighted by Gasteiger charge is 2.10. The van der Waals surface area contributed by atoms with Crippen molar-refractivity contribution in [1.29, 1.82) is 0 Å². The van der Waals surface area contributed by atoms with Crippen molar-refractivity contribution in [2.24, 2.45) is 0 Å². The Labute approximate surface area is 151 Å². The third-order valence-electron chi connectivity index (χ3n) is 3.49. The monoisotopic (exact) mass is 349 g/mol. The molecular weight excluding hydrogens is 330 g/mol. The Kier molecular flexibility index (Phi) is 5.29. The number of ether oxygens (including phenoxy) is 1. The van der Waals surface area contributed by atoms with Gasteiger partial charge in [0.15, 0.2) is 0 Å². The molecule has 8 nitrogen and oxygen atoms in total. The second-order valence-electron chi connectivity index (χ2n) is 5.72. The largest absolute Gasteiger partial charge is 0.487 e. The Morgan fingerprint density at radius 3 is 2.92 bits per heavy atom. The number of aromatic amines is 1. The van der Waals surface area contributed by atoms with E-state index < -0.39 is 0 Å². The highest BCUT2D eigenvalue weighted by atomic mass is 16.5. The maximum absolute atomic E-state index is 7.31. The summed E-state index contributed by atoms with van der Waals surface area (Å²) in [5, 5.41) is 13.3. The molecule has 3 aromatic rings. The molecule has 3 N–H and O–H groups in total. The lowest BCUT2D eigenvalue weighted by Gasteiger charge is -2.16. The van der Waals surface area contributed by atoms with Crippen LogP contribution in [0.1, 0.15) is 12.6 Å². The first-order valence-electron chi connectivity index (χ1n) is 8.12. The van der Waals surface area contributed by atoms with Crippen molar-refractivity contribution in [3.63, 3.8) is 0 Å². The highest BCUT2D eigenvalue weighted by Crippen LogP contribution is 2.26. The Morgan fingerprint density at radius 2 is 2.23 bits per heavy atom. The molecule has 0 aromatic carbocycles.